The predicted octanol–water partition coefficient (Wildman–Crippen LogP) is 6.39. The average Bonchev–Trinajstić information content (AvgIpc) is 3.07. The van der Waals surface area contributed by atoms with Gasteiger partial charge in [0.15, 0.2) is 0 Å². The van der Waals surface area contributed by atoms with Crippen LogP contribution in [0, 0.1) is 0 Å². The molecular weight excluding hydrogens is 753 g/mol. The van der Waals surface area contributed by atoms with Gasteiger partial charge in [-0.2, -0.15) is 0 Å². The largest absolute Gasteiger partial charge is 0.507 e. The van der Waals surface area contributed by atoms with Crippen LogP contribution in [0.4, 0.5) is 0 Å². The maximum atomic E-state index is 7.27. The Kier molecular flexibility index (Phi) is 9.63. The lowest BCUT2D eigenvalue weighted by atomic mass is 10.2. The van der Waals surface area contributed by atoms with E-state index in [9.17, 15) is 0 Å². The van der Waals surface area contributed by atoms with Gasteiger partial charge in [-0.3, -0.25) is 0 Å². The van der Waals surface area contributed by atoms with E-state index in [1.165, 1.54) is 0 Å². The Morgan fingerprint density at radius 2 is 0.583 bits per heavy atom. The first-order chi connectivity index (χ1) is 23.0. The van der Waals surface area contributed by atoms with Gasteiger partial charge in [0, 0.05) is 36.3 Å². The van der Waals surface area contributed by atoms with Crippen LogP contribution >= 0.6 is 0 Å². The van der Waals surface area contributed by atoms with Crippen molar-refractivity contribution in [2.45, 2.75) is 77.8 Å². The van der Waals surface area contributed by atoms with E-state index in [0.29, 0.717) is 36.3 Å². The third-order valence-corrected chi connectivity index (χ3v) is 44.4. The Balaban J connectivity index is 1.50. The van der Waals surface area contributed by atoms with Gasteiger partial charge in [-0.15, -0.1) is 0 Å². The number of rotatable bonds is 10. The monoisotopic (exact) mass is 796 g/mol. The van der Waals surface area contributed by atoms with Gasteiger partial charge in [0.1, 0.15) is 0 Å². The van der Waals surface area contributed by atoms with Crippen LogP contribution in [-0.4, -0.2) is 70.4 Å². The Morgan fingerprint density at radius 1 is 0.354 bits per heavy atom. The second kappa shape index (κ2) is 13.0. The van der Waals surface area contributed by atoms with Gasteiger partial charge < -0.3 is 49.4 Å². The van der Waals surface area contributed by atoms with Crippen molar-refractivity contribution in [1.82, 2.24) is 0 Å². The number of hydrogen-bond donors (Lipinski definition) is 0. The van der Waals surface area contributed by atoms with Crippen LogP contribution in [0.1, 0.15) is 52.7 Å². The maximum Gasteiger partial charge on any atom is 0.507 e. The summed E-state index contributed by atoms with van der Waals surface area (Å²) in [5.41, 5.74) is 5.65. The molecule has 6 aliphatic heterocycles. The molecule has 12 nitrogen and oxygen atoms in total. The fourth-order valence-corrected chi connectivity index (χ4v) is 53.8. The van der Waals surface area contributed by atoms with Crippen molar-refractivity contribution >= 4 is 82.6 Å². The highest BCUT2D eigenvalue weighted by molar-refractivity contribution is 7.04. The molecule has 0 aliphatic carbocycles. The van der Waals surface area contributed by atoms with Crippen LogP contribution in [0.15, 0.2) is 72.1 Å². The van der Waals surface area contributed by atoms with Crippen molar-refractivity contribution in [3.63, 3.8) is 0 Å². The zero-order valence-corrected chi connectivity index (χ0v) is 36.2. The highest BCUT2D eigenvalue weighted by Crippen LogP contribution is 2.52. The Labute approximate surface area is 291 Å². The molecular formula is C28H44O12Si8. The second-order valence-electron chi connectivity index (χ2n) is 12.1. The van der Waals surface area contributed by atoms with E-state index >= 15 is 0 Å². The topological polar surface area (TPSA) is 111 Å². The summed E-state index contributed by atoms with van der Waals surface area (Å²) in [6.07, 6.45) is 3.89. The van der Waals surface area contributed by atoms with Crippen molar-refractivity contribution in [1.29, 1.82) is 0 Å². The molecule has 0 unspecified atom stereocenters. The normalized spacial score (nSPS) is 43.6. The lowest BCUT2D eigenvalue weighted by molar-refractivity contribution is -0.0229. The van der Waals surface area contributed by atoms with Crippen LogP contribution in [0.5, 0.6) is 0 Å². The number of hydrogen-bond acceptors (Lipinski definition) is 12. The minimum Gasteiger partial charge on any atom is -0.373 e. The summed E-state index contributed by atoms with van der Waals surface area (Å²) in [5, 5.41) is 0. The first-order valence-corrected chi connectivity index (χ1v) is 32.1. The second-order valence-corrected chi connectivity index (χ2v) is 37.5. The zero-order chi connectivity index (χ0) is 33.8. The summed E-state index contributed by atoms with van der Waals surface area (Å²) < 4.78 is 87.1. The Bertz CT molecular complexity index is 1310. The molecule has 0 saturated carbocycles. The lowest BCUT2D eigenvalue weighted by Crippen LogP contribution is -2.87. The third kappa shape index (κ3) is 6.42. The molecule has 260 valence electrons. The van der Waals surface area contributed by atoms with E-state index < -0.39 is 70.4 Å². The van der Waals surface area contributed by atoms with Crippen LogP contribution in [0.25, 0.3) is 12.2 Å². The molecule has 20 heteroatoms. The van der Waals surface area contributed by atoms with Crippen molar-refractivity contribution in [2.75, 3.05) is 0 Å². The van der Waals surface area contributed by atoms with Gasteiger partial charge in [0.2, 0.25) is 0 Å². The highest BCUT2D eigenvalue weighted by Gasteiger charge is 2.81. The first-order valence-electron chi connectivity index (χ1n) is 16.9. The van der Waals surface area contributed by atoms with Gasteiger partial charge in [0.25, 0.3) is 0 Å². The highest BCUT2D eigenvalue weighted by atomic mass is 28.6. The molecule has 8 rings (SSSR count). The summed E-state index contributed by atoms with van der Waals surface area (Å²) in [5.74, 6) is 0. The van der Waals surface area contributed by atoms with Crippen molar-refractivity contribution in [2.24, 2.45) is 0 Å². The summed E-state index contributed by atoms with van der Waals surface area (Å²) in [7, 11) is -30.7. The zero-order valence-electron chi connectivity index (χ0n) is 28.2. The first kappa shape index (κ1) is 35.6. The molecule has 8 bridgehead atoms. The Hall–Kier alpha value is -0.825. The maximum absolute atomic E-state index is 7.27. The molecule has 0 N–H and O–H groups in total. The van der Waals surface area contributed by atoms with E-state index in [4.69, 9.17) is 49.4 Å². The van der Waals surface area contributed by atoms with Crippen molar-refractivity contribution in [3.8, 4) is 0 Å². The van der Waals surface area contributed by atoms with Gasteiger partial charge in [0.05, 0.1) is 0 Å². The molecule has 0 aromatic heterocycles. The standard InChI is InChI=1S/C28H44O12Si8/c1-7-41-29-42(8-2)31-44(10-4)33-46(12-6)34-45(11-5,39-47(35-41,38-44)25-23-27-19-15-13-16-20-27)32-43(9-3,30-41)37-48(36-42,40-46)26-24-28-21-17-14-18-22-28/h13-26H,7-12H2,1-6H3/b25-23-,26-24?. The summed E-state index contributed by atoms with van der Waals surface area (Å²) in [6, 6.07) is 22.1. The van der Waals surface area contributed by atoms with Crippen LogP contribution < -0.4 is 0 Å². The molecule has 0 radical (unpaired) electrons. The van der Waals surface area contributed by atoms with Crippen LogP contribution in [0.3, 0.4) is 0 Å². The van der Waals surface area contributed by atoms with Gasteiger partial charge in [-0.25, -0.2) is 0 Å². The van der Waals surface area contributed by atoms with E-state index in [-0.39, 0.29) is 0 Å². The Morgan fingerprint density at radius 3 is 0.792 bits per heavy atom. The summed E-state index contributed by atoms with van der Waals surface area (Å²) in [4.78, 5) is 0. The van der Waals surface area contributed by atoms with E-state index in [1.54, 1.807) is 0 Å². The van der Waals surface area contributed by atoms with Crippen molar-refractivity contribution in [3.05, 3.63) is 83.2 Å². The molecule has 2 aromatic carbocycles. The fourth-order valence-electron chi connectivity index (χ4n) is 6.25. The molecule has 2 aromatic rings. The van der Waals surface area contributed by atoms with Gasteiger partial charge in [-0.1, -0.05) is 114 Å². The van der Waals surface area contributed by atoms with Crippen LogP contribution in [0.2, 0.25) is 36.3 Å². The van der Waals surface area contributed by atoms with Crippen LogP contribution in [-0.2, 0) is 49.4 Å². The summed E-state index contributed by atoms with van der Waals surface area (Å²) in [6.45, 7) is 11.9. The molecule has 6 heterocycles. The molecule has 6 aliphatic rings. The molecule has 6 fully saturated rings. The minimum atomic E-state index is -3.98. The van der Waals surface area contributed by atoms with E-state index in [1.807, 2.05) is 126 Å². The fraction of sp³-hybridized carbons (Fsp3) is 0.429. The third-order valence-electron chi connectivity index (χ3n) is 8.81. The average molecular weight is 797 g/mol. The molecule has 0 spiro atoms. The molecule has 0 amide bonds. The predicted molar refractivity (Wildman–Crippen MR) is 193 cm³/mol. The quantitative estimate of drug-likeness (QED) is 0.249. The van der Waals surface area contributed by atoms with Gasteiger partial charge >= 0.3 is 70.4 Å². The number of benzene rings is 2. The van der Waals surface area contributed by atoms with Crippen molar-refractivity contribution < 1.29 is 49.4 Å². The lowest BCUT2D eigenvalue weighted by Gasteiger charge is -2.62. The minimum absolute atomic E-state index is 0.378. The SMILES string of the molecule is CC[Si]12O[Si]3(C=Cc4ccccc4)O[Si]4(CC)O[Si](CC)(O[Si]5(/C=C\c6ccccc6)O[Si](CC)(O1)O[Si](CC)(O3)O[Si](CC)(O5)O4)O2. The van der Waals surface area contributed by atoms with Gasteiger partial charge in [-0.05, 0) is 22.5 Å². The van der Waals surface area contributed by atoms with E-state index in [0.717, 1.165) is 11.1 Å². The molecule has 48 heavy (non-hydrogen) atoms. The molecule has 6 saturated heterocycles. The smallest absolute Gasteiger partial charge is 0.373 e. The molecule has 0 atom stereocenters. The van der Waals surface area contributed by atoms with E-state index in [2.05, 4.69) is 0 Å². The summed E-state index contributed by atoms with van der Waals surface area (Å²) >= 11 is 0.